The number of hydrogen-bond donors (Lipinski definition) is 0. The van der Waals surface area contributed by atoms with Gasteiger partial charge in [0.15, 0.2) is 5.78 Å². The van der Waals surface area contributed by atoms with Crippen LogP contribution in [0.3, 0.4) is 0 Å². The van der Waals surface area contributed by atoms with Crippen LogP contribution in [0.5, 0.6) is 0 Å². The molecular weight excluding hydrogens is 328 g/mol. The standard InChI is InChI=1S/C19H18N6O/c1-12-20-10-18(25(12)3)13-4-5-17-14(6-13)7-16(22-23-17)8-19(26)15-9-21-24(2)11-15/h4-7,9-11H,8H2,1-3H3. The number of hydrogen-bond acceptors (Lipinski definition) is 5. The van der Waals surface area contributed by atoms with Gasteiger partial charge >= 0.3 is 0 Å². The van der Waals surface area contributed by atoms with E-state index in [1.54, 1.807) is 24.1 Å². The highest BCUT2D eigenvalue weighted by molar-refractivity contribution is 5.97. The summed E-state index contributed by atoms with van der Waals surface area (Å²) in [6.07, 6.45) is 5.33. The molecular formula is C19H18N6O. The minimum Gasteiger partial charge on any atom is -0.331 e. The summed E-state index contributed by atoms with van der Waals surface area (Å²) in [5.74, 6) is 0.931. The van der Waals surface area contributed by atoms with Crippen molar-refractivity contribution in [1.82, 2.24) is 29.5 Å². The molecule has 0 amide bonds. The highest BCUT2D eigenvalue weighted by Gasteiger charge is 2.12. The number of imidazole rings is 1. The lowest BCUT2D eigenvalue weighted by atomic mass is 10.1. The number of ketones is 1. The monoisotopic (exact) mass is 346 g/mol. The number of aromatic nitrogens is 6. The predicted molar refractivity (Wildman–Crippen MR) is 97.7 cm³/mol. The van der Waals surface area contributed by atoms with Crippen molar-refractivity contribution in [3.8, 4) is 11.3 Å². The first-order valence-corrected chi connectivity index (χ1v) is 8.28. The van der Waals surface area contributed by atoms with Crippen LogP contribution in [-0.2, 0) is 20.5 Å². The van der Waals surface area contributed by atoms with Gasteiger partial charge in [0, 0.05) is 31.2 Å². The Labute approximate surface area is 150 Å². The zero-order valence-electron chi connectivity index (χ0n) is 14.8. The molecule has 0 saturated carbocycles. The van der Waals surface area contributed by atoms with Gasteiger partial charge < -0.3 is 4.57 Å². The molecule has 1 aromatic carbocycles. The third-order valence-electron chi connectivity index (χ3n) is 4.52. The minimum absolute atomic E-state index is 0.0230. The molecule has 3 aromatic heterocycles. The fourth-order valence-corrected chi connectivity index (χ4v) is 2.94. The van der Waals surface area contributed by atoms with Crippen molar-refractivity contribution in [3.05, 3.63) is 59.9 Å². The van der Waals surface area contributed by atoms with E-state index in [2.05, 4.69) is 26.3 Å². The lowest BCUT2D eigenvalue weighted by Gasteiger charge is -2.06. The largest absolute Gasteiger partial charge is 0.331 e. The van der Waals surface area contributed by atoms with Crippen LogP contribution >= 0.6 is 0 Å². The number of carbonyl (C=O) groups excluding carboxylic acids is 1. The number of fused-ring (bicyclic) bond motifs is 1. The van der Waals surface area contributed by atoms with Crippen LogP contribution in [0.2, 0.25) is 0 Å². The van der Waals surface area contributed by atoms with Crippen LogP contribution in [0.4, 0.5) is 0 Å². The van der Waals surface area contributed by atoms with E-state index >= 15 is 0 Å². The van der Waals surface area contributed by atoms with E-state index in [0.29, 0.717) is 11.3 Å². The fraction of sp³-hybridized carbons (Fsp3) is 0.211. The van der Waals surface area contributed by atoms with Gasteiger partial charge in [-0.3, -0.25) is 9.48 Å². The molecule has 3 heterocycles. The second kappa shape index (κ2) is 6.18. The number of rotatable bonds is 4. The molecule has 0 saturated heterocycles. The molecule has 7 nitrogen and oxygen atoms in total. The summed E-state index contributed by atoms with van der Waals surface area (Å²) >= 11 is 0. The van der Waals surface area contributed by atoms with Gasteiger partial charge in [0.2, 0.25) is 0 Å². The molecule has 0 N–H and O–H groups in total. The molecule has 0 aliphatic rings. The maximum atomic E-state index is 12.4. The van der Waals surface area contributed by atoms with Crippen LogP contribution in [0.15, 0.2) is 42.9 Å². The molecule has 0 aliphatic heterocycles. The van der Waals surface area contributed by atoms with Gasteiger partial charge in [-0.1, -0.05) is 6.07 Å². The second-order valence-corrected chi connectivity index (χ2v) is 6.36. The molecule has 0 fully saturated rings. The first-order chi connectivity index (χ1) is 12.5. The molecule has 0 radical (unpaired) electrons. The van der Waals surface area contributed by atoms with Crippen molar-refractivity contribution in [2.75, 3.05) is 0 Å². The molecule has 0 unspecified atom stereocenters. The maximum absolute atomic E-state index is 12.4. The van der Waals surface area contributed by atoms with Gasteiger partial charge in [-0.2, -0.15) is 15.3 Å². The Morgan fingerprint density at radius 2 is 1.96 bits per heavy atom. The molecule has 130 valence electrons. The lowest BCUT2D eigenvalue weighted by Crippen LogP contribution is -2.05. The van der Waals surface area contributed by atoms with E-state index in [1.165, 1.54) is 0 Å². The zero-order valence-corrected chi connectivity index (χ0v) is 14.8. The first-order valence-electron chi connectivity index (χ1n) is 8.28. The maximum Gasteiger partial charge on any atom is 0.172 e. The quantitative estimate of drug-likeness (QED) is 0.531. The van der Waals surface area contributed by atoms with Crippen molar-refractivity contribution < 1.29 is 4.79 Å². The van der Waals surface area contributed by atoms with Gasteiger partial charge in [-0.25, -0.2) is 4.98 Å². The molecule has 0 aliphatic carbocycles. The van der Waals surface area contributed by atoms with E-state index in [0.717, 1.165) is 28.0 Å². The molecule has 4 aromatic rings. The predicted octanol–water partition coefficient (Wildman–Crippen LogP) is 2.50. The Morgan fingerprint density at radius 3 is 2.65 bits per heavy atom. The van der Waals surface area contributed by atoms with Crippen LogP contribution in [0.25, 0.3) is 22.2 Å². The van der Waals surface area contributed by atoms with Gasteiger partial charge in [0.1, 0.15) is 5.82 Å². The van der Waals surface area contributed by atoms with E-state index < -0.39 is 0 Å². The molecule has 26 heavy (non-hydrogen) atoms. The van der Waals surface area contributed by atoms with Gasteiger partial charge in [-0.15, -0.1) is 0 Å². The molecule has 7 heteroatoms. The Kier molecular flexibility index (Phi) is 3.84. The zero-order chi connectivity index (χ0) is 18.3. The SMILES string of the molecule is Cc1ncc(-c2ccc3nnc(CC(=O)c4cnn(C)c4)cc3c2)n1C. The van der Waals surface area contributed by atoms with Crippen molar-refractivity contribution >= 4 is 16.7 Å². The van der Waals surface area contributed by atoms with Crippen LogP contribution in [0, 0.1) is 6.92 Å². The lowest BCUT2D eigenvalue weighted by molar-refractivity contribution is 0.0991. The van der Waals surface area contributed by atoms with E-state index in [9.17, 15) is 4.79 Å². The average molecular weight is 346 g/mol. The van der Waals surface area contributed by atoms with Crippen molar-refractivity contribution in [2.45, 2.75) is 13.3 Å². The van der Waals surface area contributed by atoms with Gasteiger partial charge in [-0.05, 0) is 25.1 Å². The van der Waals surface area contributed by atoms with Gasteiger partial charge in [0.05, 0.1) is 41.3 Å². The van der Waals surface area contributed by atoms with Crippen LogP contribution in [-0.4, -0.2) is 35.3 Å². The summed E-state index contributed by atoms with van der Waals surface area (Å²) in [6, 6.07) is 7.92. The molecule has 0 spiro atoms. The van der Waals surface area contributed by atoms with Crippen molar-refractivity contribution in [1.29, 1.82) is 0 Å². The Balaban J connectivity index is 1.67. The van der Waals surface area contributed by atoms with E-state index in [-0.39, 0.29) is 12.2 Å². The van der Waals surface area contributed by atoms with Crippen LogP contribution < -0.4 is 0 Å². The van der Waals surface area contributed by atoms with Gasteiger partial charge in [0.25, 0.3) is 0 Å². The van der Waals surface area contributed by atoms with E-state index in [4.69, 9.17) is 0 Å². The summed E-state index contributed by atoms with van der Waals surface area (Å²) < 4.78 is 3.66. The van der Waals surface area contributed by atoms with Crippen molar-refractivity contribution in [2.24, 2.45) is 14.1 Å². The normalized spacial score (nSPS) is 11.2. The average Bonchev–Trinajstić information content (AvgIpc) is 3.21. The highest BCUT2D eigenvalue weighted by atomic mass is 16.1. The Morgan fingerprint density at radius 1 is 1.12 bits per heavy atom. The Hall–Kier alpha value is -3.35. The van der Waals surface area contributed by atoms with Crippen LogP contribution in [0.1, 0.15) is 21.9 Å². The fourth-order valence-electron chi connectivity index (χ4n) is 2.94. The molecule has 0 atom stereocenters. The highest BCUT2D eigenvalue weighted by Crippen LogP contribution is 2.24. The minimum atomic E-state index is -0.0230. The number of nitrogens with zero attached hydrogens (tertiary/aromatic N) is 6. The molecule has 0 bridgehead atoms. The number of Topliss-reactive ketones (excluding diaryl/α,β-unsaturated/α-hetero) is 1. The summed E-state index contributed by atoms with van der Waals surface area (Å²) in [5, 5.41) is 13.4. The number of carbonyl (C=O) groups is 1. The first kappa shape index (κ1) is 16.1. The Bertz CT molecular complexity index is 1120. The molecule has 4 rings (SSSR count). The second-order valence-electron chi connectivity index (χ2n) is 6.36. The summed E-state index contributed by atoms with van der Waals surface area (Å²) in [6.45, 7) is 1.97. The topological polar surface area (TPSA) is 78.5 Å². The van der Waals surface area contributed by atoms with E-state index in [1.807, 2.05) is 42.9 Å². The third kappa shape index (κ3) is 2.88. The summed E-state index contributed by atoms with van der Waals surface area (Å²) in [7, 11) is 3.78. The van der Waals surface area contributed by atoms with Crippen molar-refractivity contribution in [3.63, 3.8) is 0 Å². The summed E-state index contributed by atoms with van der Waals surface area (Å²) in [4.78, 5) is 16.7. The number of aryl methyl sites for hydroxylation is 2. The number of benzene rings is 1. The summed E-state index contributed by atoms with van der Waals surface area (Å²) in [5.41, 5.74) is 4.11. The smallest absolute Gasteiger partial charge is 0.172 e. The third-order valence-corrected chi connectivity index (χ3v) is 4.52.